The monoisotopic (exact) mass is 235 g/mol. The first-order valence-electron chi connectivity index (χ1n) is 5.20. The molecule has 16 heavy (non-hydrogen) atoms. The van der Waals surface area contributed by atoms with E-state index in [-0.39, 0.29) is 12.5 Å². The summed E-state index contributed by atoms with van der Waals surface area (Å²) in [5, 5.41) is 3.04. The molecular formula is C10H16F3N3. The van der Waals surface area contributed by atoms with Crippen molar-refractivity contribution < 1.29 is 13.2 Å². The van der Waals surface area contributed by atoms with Crippen LogP contribution in [-0.2, 0) is 7.05 Å². The molecule has 0 aromatic carbocycles. The van der Waals surface area contributed by atoms with Crippen molar-refractivity contribution in [3.63, 3.8) is 0 Å². The van der Waals surface area contributed by atoms with Gasteiger partial charge in [0.25, 0.3) is 0 Å². The predicted octanol–water partition coefficient (Wildman–Crippen LogP) is 2.41. The van der Waals surface area contributed by atoms with E-state index in [0.717, 1.165) is 5.69 Å². The zero-order chi connectivity index (χ0) is 12.2. The average molecular weight is 235 g/mol. The standard InChI is InChI=1S/C10H16F3N3/c1-3-15-8(4-5-10(11,12)13)9-6-14-7-16(9)2/h6-8,15H,3-5H2,1-2H3. The molecular weight excluding hydrogens is 219 g/mol. The van der Waals surface area contributed by atoms with Crippen molar-refractivity contribution in [3.05, 3.63) is 18.2 Å². The van der Waals surface area contributed by atoms with Crippen molar-refractivity contribution >= 4 is 0 Å². The summed E-state index contributed by atoms with van der Waals surface area (Å²) in [6, 6.07) is -0.292. The summed E-state index contributed by atoms with van der Waals surface area (Å²) in [6.45, 7) is 2.50. The zero-order valence-corrected chi connectivity index (χ0v) is 9.38. The van der Waals surface area contributed by atoms with Crippen LogP contribution in [0.3, 0.4) is 0 Å². The van der Waals surface area contributed by atoms with Crippen molar-refractivity contribution in [1.29, 1.82) is 0 Å². The van der Waals surface area contributed by atoms with Crippen LogP contribution in [0.4, 0.5) is 13.2 Å². The quantitative estimate of drug-likeness (QED) is 0.849. The number of alkyl halides is 3. The van der Waals surface area contributed by atoms with Crippen molar-refractivity contribution in [3.8, 4) is 0 Å². The van der Waals surface area contributed by atoms with Crippen LogP contribution in [0.15, 0.2) is 12.5 Å². The Morgan fingerprint density at radius 1 is 1.50 bits per heavy atom. The molecule has 1 heterocycles. The SMILES string of the molecule is CCNC(CCC(F)(F)F)c1cncn1C. The van der Waals surface area contributed by atoms with E-state index in [0.29, 0.717) is 6.54 Å². The second-order valence-electron chi connectivity index (χ2n) is 3.69. The maximum Gasteiger partial charge on any atom is 0.389 e. The van der Waals surface area contributed by atoms with Crippen molar-refractivity contribution in [2.45, 2.75) is 32.0 Å². The molecule has 1 unspecified atom stereocenters. The third-order valence-corrected chi connectivity index (χ3v) is 2.38. The van der Waals surface area contributed by atoms with Crippen molar-refractivity contribution in [2.24, 2.45) is 7.05 Å². The number of nitrogens with zero attached hydrogens (tertiary/aromatic N) is 2. The summed E-state index contributed by atoms with van der Waals surface area (Å²) in [5.74, 6) is 0. The Kier molecular flexibility index (Phi) is 4.35. The maximum atomic E-state index is 12.1. The van der Waals surface area contributed by atoms with Crippen LogP contribution in [-0.4, -0.2) is 22.3 Å². The third kappa shape index (κ3) is 3.84. The molecule has 0 amide bonds. The van der Waals surface area contributed by atoms with Crippen LogP contribution < -0.4 is 5.32 Å². The Balaban J connectivity index is 2.65. The van der Waals surface area contributed by atoms with E-state index in [1.165, 1.54) is 0 Å². The van der Waals surface area contributed by atoms with Gasteiger partial charge in [-0.3, -0.25) is 0 Å². The highest BCUT2D eigenvalue weighted by atomic mass is 19.4. The summed E-state index contributed by atoms with van der Waals surface area (Å²) in [6.07, 6.45) is -1.66. The number of aromatic nitrogens is 2. The van der Waals surface area contributed by atoms with Crippen LogP contribution in [0.2, 0.25) is 0 Å². The van der Waals surface area contributed by atoms with E-state index in [4.69, 9.17) is 0 Å². The minimum absolute atomic E-state index is 0.0386. The fraction of sp³-hybridized carbons (Fsp3) is 0.700. The molecule has 1 N–H and O–H groups in total. The maximum absolute atomic E-state index is 12.1. The average Bonchev–Trinajstić information content (AvgIpc) is 2.57. The summed E-state index contributed by atoms with van der Waals surface area (Å²) in [5.41, 5.74) is 0.783. The lowest BCUT2D eigenvalue weighted by Crippen LogP contribution is -2.24. The zero-order valence-electron chi connectivity index (χ0n) is 9.38. The van der Waals surface area contributed by atoms with Gasteiger partial charge in [-0.1, -0.05) is 6.92 Å². The molecule has 0 bridgehead atoms. The van der Waals surface area contributed by atoms with Gasteiger partial charge in [-0.15, -0.1) is 0 Å². The van der Waals surface area contributed by atoms with Gasteiger partial charge in [0.2, 0.25) is 0 Å². The number of nitrogens with one attached hydrogen (secondary N) is 1. The Bertz CT molecular complexity index is 319. The first-order chi connectivity index (χ1) is 7.44. The number of hydrogen-bond acceptors (Lipinski definition) is 2. The molecule has 0 fully saturated rings. The van der Waals surface area contributed by atoms with E-state index >= 15 is 0 Å². The molecule has 6 heteroatoms. The molecule has 92 valence electrons. The lowest BCUT2D eigenvalue weighted by Gasteiger charge is -2.19. The molecule has 1 rings (SSSR count). The Morgan fingerprint density at radius 2 is 2.19 bits per heavy atom. The molecule has 0 spiro atoms. The molecule has 1 aromatic rings. The van der Waals surface area contributed by atoms with Crippen molar-refractivity contribution in [2.75, 3.05) is 6.54 Å². The smallest absolute Gasteiger partial charge is 0.336 e. The van der Waals surface area contributed by atoms with E-state index < -0.39 is 12.6 Å². The van der Waals surface area contributed by atoms with Gasteiger partial charge in [0, 0.05) is 25.7 Å². The molecule has 0 saturated carbocycles. The topological polar surface area (TPSA) is 29.9 Å². The number of hydrogen-bond donors (Lipinski definition) is 1. The van der Waals surface area contributed by atoms with Crippen LogP contribution in [0.25, 0.3) is 0 Å². The number of rotatable bonds is 5. The minimum atomic E-state index is -4.10. The Morgan fingerprint density at radius 3 is 2.62 bits per heavy atom. The van der Waals surface area contributed by atoms with Crippen LogP contribution in [0.1, 0.15) is 31.5 Å². The highest BCUT2D eigenvalue weighted by molar-refractivity contribution is 5.04. The summed E-state index contributed by atoms with van der Waals surface area (Å²) in [7, 11) is 1.78. The van der Waals surface area contributed by atoms with Gasteiger partial charge in [-0.25, -0.2) is 4.98 Å². The van der Waals surface area contributed by atoms with Gasteiger partial charge in [0.05, 0.1) is 12.0 Å². The molecule has 1 atom stereocenters. The van der Waals surface area contributed by atoms with E-state index in [9.17, 15) is 13.2 Å². The highest BCUT2D eigenvalue weighted by Gasteiger charge is 2.29. The first-order valence-corrected chi connectivity index (χ1v) is 5.20. The second kappa shape index (κ2) is 5.34. The van der Waals surface area contributed by atoms with Gasteiger partial charge in [-0.05, 0) is 13.0 Å². The molecule has 0 saturated heterocycles. The molecule has 0 aliphatic rings. The van der Waals surface area contributed by atoms with Crippen LogP contribution >= 0.6 is 0 Å². The van der Waals surface area contributed by atoms with Gasteiger partial charge in [0.15, 0.2) is 0 Å². The normalized spacial score (nSPS) is 14.1. The van der Waals surface area contributed by atoms with Crippen molar-refractivity contribution in [1.82, 2.24) is 14.9 Å². The fourth-order valence-corrected chi connectivity index (χ4v) is 1.61. The van der Waals surface area contributed by atoms with Gasteiger partial charge >= 0.3 is 6.18 Å². The lowest BCUT2D eigenvalue weighted by atomic mass is 10.1. The van der Waals surface area contributed by atoms with Gasteiger partial charge < -0.3 is 9.88 Å². The van der Waals surface area contributed by atoms with E-state index in [1.807, 2.05) is 6.92 Å². The van der Waals surface area contributed by atoms with E-state index in [2.05, 4.69) is 10.3 Å². The van der Waals surface area contributed by atoms with Crippen LogP contribution in [0.5, 0.6) is 0 Å². The minimum Gasteiger partial charge on any atom is -0.336 e. The number of imidazole rings is 1. The number of halogens is 3. The highest BCUT2D eigenvalue weighted by Crippen LogP contribution is 2.27. The second-order valence-corrected chi connectivity index (χ2v) is 3.69. The predicted molar refractivity (Wildman–Crippen MR) is 54.9 cm³/mol. The number of aryl methyl sites for hydroxylation is 1. The Hall–Kier alpha value is -1.04. The largest absolute Gasteiger partial charge is 0.389 e. The molecule has 1 aromatic heterocycles. The summed E-state index contributed by atoms with van der Waals surface area (Å²) in [4.78, 5) is 3.91. The molecule has 0 aliphatic heterocycles. The van der Waals surface area contributed by atoms with Gasteiger partial charge in [0.1, 0.15) is 0 Å². The van der Waals surface area contributed by atoms with Gasteiger partial charge in [-0.2, -0.15) is 13.2 Å². The molecule has 0 radical (unpaired) electrons. The summed E-state index contributed by atoms with van der Waals surface area (Å²) < 4.78 is 38.2. The van der Waals surface area contributed by atoms with Crippen LogP contribution in [0, 0.1) is 0 Å². The first kappa shape index (κ1) is 13.0. The molecule has 0 aliphatic carbocycles. The Labute approximate surface area is 92.7 Å². The fourth-order valence-electron chi connectivity index (χ4n) is 1.61. The van der Waals surface area contributed by atoms with E-state index in [1.54, 1.807) is 24.1 Å². The third-order valence-electron chi connectivity index (χ3n) is 2.38. The summed E-state index contributed by atoms with van der Waals surface area (Å²) >= 11 is 0. The molecule has 3 nitrogen and oxygen atoms in total. The lowest BCUT2D eigenvalue weighted by molar-refractivity contribution is -0.136.